The van der Waals surface area contributed by atoms with Crippen molar-refractivity contribution in [1.82, 2.24) is 36.8 Å². The van der Waals surface area contributed by atoms with E-state index in [0.29, 0.717) is 24.9 Å². The molecule has 1 aromatic rings. The molecule has 2 rings (SSSR count). The number of benzene rings is 1. The fourth-order valence-corrected chi connectivity index (χ4v) is 6.55. The maximum Gasteiger partial charge on any atom is 0.245 e. The number of nitrogens with one attached hydrogen (secondary N) is 6. The molecule has 1 heterocycles. The first-order valence-corrected chi connectivity index (χ1v) is 19.4. The summed E-state index contributed by atoms with van der Waals surface area (Å²) in [5.41, 5.74) is 16.9. The molecule has 0 spiro atoms. The highest BCUT2D eigenvalue weighted by Gasteiger charge is 2.37. The summed E-state index contributed by atoms with van der Waals surface area (Å²) in [6.45, 7) is 7.69. The zero-order valence-corrected chi connectivity index (χ0v) is 34.1. The Hall–Kier alpha value is -5.83. The predicted octanol–water partition coefficient (Wildman–Crippen LogP) is -3.74. The topological polar surface area (TPSA) is 348 Å². The Morgan fingerprint density at radius 3 is 1.83 bits per heavy atom. The predicted molar refractivity (Wildman–Crippen MR) is 212 cm³/mol. The number of primary amides is 3. The Balaban J connectivity index is 2.37. The number of nitrogens with zero attached hydrogens (tertiary/aromatic N) is 1. The summed E-state index contributed by atoms with van der Waals surface area (Å²) in [6.07, 6.45) is -0.273. The number of aromatic hydroxyl groups is 1. The number of hydrogen-bond donors (Lipinski definition) is 11. The molecule has 1 saturated heterocycles. The van der Waals surface area contributed by atoms with E-state index in [1.807, 2.05) is 4.90 Å². The molecule has 14 N–H and O–H groups in total. The van der Waals surface area contributed by atoms with Crippen LogP contribution in [0.25, 0.3) is 0 Å². The highest BCUT2D eigenvalue weighted by atomic mass is 16.3. The standard InChI is InChI=1S/C38H60N10O11/c1-19(2)31(33(41)54)46-38(59)32(20(3)4)47-37(58)28-7-6-14-48(28)17-23(15-22-8-10-24(51)11-9-22)43-35(56)26(16-30(40)53)45-34(55)25(12-13-29(39)52)44-36(57)27(18-49)42-21(5)50/h8-11,19-20,23,25-28,31-32,49,51H,6-7,12-18H2,1-5H3,(H2,39,52)(H2,40,53)(H2,41,54)(H,42,50)(H,43,56)(H,44,57)(H,45,55)(H,46,59)(H,47,58)/t23-,25-,26-,27-,28+,31-,32-/m0/s1. The first-order valence-electron chi connectivity index (χ1n) is 19.4. The lowest BCUT2D eigenvalue weighted by Crippen LogP contribution is -2.60. The number of phenols is 1. The SMILES string of the molecule is CC(=O)N[C@@H](CO)C(=O)N[C@@H](CCC(N)=O)C(=O)N[C@@H](CC(N)=O)C(=O)N[C@@H](Cc1ccc(O)cc1)CN1CCC[C@@H]1C(=O)N[C@H](C(=O)N[C@H](C(N)=O)C(C)C)C(C)C. The van der Waals surface area contributed by atoms with Gasteiger partial charge >= 0.3 is 0 Å². The van der Waals surface area contributed by atoms with Gasteiger partial charge in [0.1, 0.15) is 36.0 Å². The molecule has 21 heteroatoms. The zero-order chi connectivity index (χ0) is 44.6. The summed E-state index contributed by atoms with van der Waals surface area (Å²) in [5.74, 6) is -7.72. The smallest absolute Gasteiger partial charge is 0.245 e. The minimum atomic E-state index is -1.60. The van der Waals surface area contributed by atoms with Crippen molar-refractivity contribution in [3.8, 4) is 5.75 Å². The number of rotatable bonds is 24. The van der Waals surface area contributed by atoms with Crippen molar-refractivity contribution in [3.05, 3.63) is 29.8 Å². The molecule has 7 atom stereocenters. The van der Waals surface area contributed by atoms with E-state index in [-0.39, 0.29) is 43.4 Å². The van der Waals surface area contributed by atoms with Crippen molar-refractivity contribution in [2.45, 2.75) is 115 Å². The highest BCUT2D eigenvalue weighted by Crippen LogP contribution is 2.20. The third-order valence-electron chi connectivity index (χ3n) is 9.63. The summed E-state index contributed by atoms with van der Waals surface area (Å²) in [5, 5.41) is 34.7. The van der Waals surface area contributed by atoms with Gasteiger partial charge in [-0.1, -0.05) is 39.8 Å². The lowest BCUT2D eigenvalue weighted by atomic mass is 9.99. The van der Waals surface area contributed by atoms with Crippen molar-refractivity contribution in [2.24, 2.45) is 29.0 Å². The first-order chi connectivity index (χ1) is 27.6. The maximum atomic E-state index is 13.9. The quantitative estimate of drug-likeness (QED) is 0.0479. The van der Waals surface area contributed by atoms with E-state index in [2.05, 4.69) is 31.9 Å². The van der Waals surface area contributed by atoms with Crippen molar-refractivity contribution in [1.29, 1.82) is 0 Å². The third kappa shape index (κ3) is 16.5. The summed E-state index contributed by atoms with van der Waals surface area (Å²) < 4.78 is 0. The van der Waals surface area contributed by atoms with E-state index < -0.39 is 108 Å². The monoisotopic (exact) mass is 832 g/mol. The second kappa shape index (κ2) is 23.5. The van der Waals surface area contributed by atoms with Gasteiger partial charge in [-0.3, -0.25) is 48.1 Å². The molecule has 0 saturated carbocycles. The molecule has 0 unspecified atom stereocenters. The largest absolute Gasteiger partial charge is 0.508 e. The van der Waals surface area contributed by atoms with E-state index in [4.69, 9.17) is 17.2 Å². The summed E-state index contributed by atoms with van der Waals surface area (Å²) in [7, 11) is 0. The van der Waals surface area contributed by atoms with E-state index >= 15 is 0 Å². The van der Waals surface area contributed by atoms with E-state index in [0.717, 1.165) is 6.92 Å². The molecule has 1 aliphatic heterocycles. The number of hydrogen-bond acceptors (Lipinski definition) is 12. The Labute approximate surface area is 342 Å². The van der Waals surface area contributed by atoms with Crippen molar-refractivity contribution >= 4 is 53.2 Å². The molecule has 1 aliphatic rings. The van der Waals surface area contributed by atoms with Crippen molar-refractivity contribution in [3.63, 3.8) is 0 Å². The van der Waals surface area contributed by atoms with Crippen LogP contribution in [0.1, 0.15) is 72.3 Å². The van der Waals surface area contributed by atoms with Crippen molar-refractivity contribution < 1.29 is 53.4 Å². The molecule has 0 radical (unpaired) electrons. The van der Waals surface area contributed by atoms with Crippen LogP contribution in [0.3, 0.4) is 0 Å². The van der Waals surface area contributed by atoms with Gasteiger partial charge < -0.3 is 59.3 Å². The average molecular weight is 833 g/mol. The van der Waals surface area contributed by atoms with Crippen LogP contribution >= 0.6 is 0 Å². The molecule has 9 amide bonds. The van der Waals surface area contributed by atoms with Crippen LogP contribution in [0, 0.1) is 11.8 Å². The number of amides is 9. The Kier molecular flexibility index (Phi) is 19.7. The number of aliphatic hydroxyl groups excluding tert-OH is 1. The van der Waals surface area contributed by atoms with Crippen LogP contribution in [0.15, 0.2) is 24.3 Å². The molecular weight excluding hydrogens is 772 g/mol. The second-order valence-corrected chi connectivity index (χ2v) is 15.3. The molecular formula is C38H60N10O11. The van der Waals surface area contributed by atoms with Gasteiger partial charge in [0.2, 0.25) is 53.2 Å². The number of aliphatic hydroxyl groups is 1. The fourth-order valence-electron chi connectivity index (χ4n) is 6.55. The van der Waals surface area contributed by atoms with Gasteiger partial charge in [-0.15, -0.1) is 0 Å². The van der Waals surface area contributed by atoms with Crippen molar-refractivity contribution in [2.75, 3.05) is 19.7 Å². The third-order valence-corrected chi connectivity index (χ3v) is 9.63. The molecule has 328 valence electrons. The highest BCUT2D eigenvalue weighted by molar-refractivity contribution is 5.96. The van der Waals surface area contributed by atoms with E-state index in [1.54, 1.807) is 39.8 Å². The van der Waals surface area contributed by atoms with Crippen LogP contribution in [0.4, 0.5) is 0 Å². The first kappa shape index (κ1) is 49.3. The molecule has 59 heavy (non-hydrogen) atoms. The van der Waals surface area contributed by atoms with Crippen LogP contribution in [0.2, 0.25) is 0 Å². The fraction of sp³-hybridized carbons (Fsp3) is 0.605. The molecule has 0 aromatic heterocycles. The molecule has 1 fully saturated rings. The van der Waals surface area contributed by atoms with Gasteiger partial charge in [0, 0.05) is 25.9 Å². The minimum absolute atomic E-state index is 0.00509. The Bertz CT molecular complexity index is 1670. The van der Waals surface area contributed by atoms with Gasteiger partial charge in [0.25, 0.3) is 0 Å². The van der Waals surface area contributed by atoms with Gasteiger partial charge in [-0.25, -0.2) is 0 Å². The van der Waals surface area contributed by atoms with E-state index in [9.17, 15) is 53.4 Å². The number of nitrogens with two attached hydrogens (primary N) is 3. The van der Waals surface area contributed by atoms with Crippen LogP contribution in [-0.4, -0.2) is 130 Å². The number of carbonyl (C=O) groups excluding carboxylic acids is 9. The maximum absolute atomic E-state index is 13.9. The average Bonchev–Trinajstić information content (AvgIpc) is 3.61. The normalized spacial score (nSPS) is 17.1. The molecule has 0 aliphatic carbocycles. The summed E-state index contributed by atoms with van der Waals surface area (Å²) >= 11 is 0. The van der Waals surface area contributed by atoms with Gasteiger partial charge in [-0.05, 0) is 61.8 Å². The molecule has 0 bridgehead atoms. The Morgan fingerprint density at radius 2 is 1.31 bits per heavy atom. The zero-order valence-electron chi connectivity index (χ0n) is 34.1. The second-order valence-electron chi connectivity index (χ2n) is 15.3. The summed E-state index contributed by atoms with van der Waals surface area (Å²) in [4.78, 5) is 116. The Morgan fingerprint density at radius 1 is 0.729 bits per heavy atom. The van der Waals surface area contributed by atoms with Crippen LogP contribution in [0.5, 0.6) is 5.75 Å². The lowest BCUT2D eigenvalue weighted by molar-refractivity contribution is -0.135. The van der Waals surface area contributed by atoms with E-state index in [1.165, 1.54) is 12.1 Å². The number of likely N-dealkylation sites (tertiary alicyclic amines) is 1. The molecule has 21 nitrogen and oxygen atoms in total. The van der Waals surface area contributed by atoms with Gasteiger partial charge in [0.05, 0.1) is 19.1 Å². The molecule has 1 aromatic carbocycles. The minimum Gasteiger partial charge on any atom is -0.508 e. The van der Waals surface area contributed by atoms with Gasteiger partial charge in [0.15, 0.2) is 0 Å². The lowest BCUT2D eigenvalue weighted by Gasteiger charge is -2.32. The van der Waals surface area contributed by atoms with Crippen LogP contribution in [-0.2, 0) is 49.6 Å². The summed E-state index contributed by atoms with van der Waals surface area (Å²) in [6, 6.07) is -1.90. The van der Waals surface area contributed by atoms with Gasteiger partial charge in [-0.2, -0.15) is 0 Å². The van der Waals surface area contributed by atoms with Crippen LogP contribution < -0.4 is 49.1 Å². The number of carbonyl (C=O) groups is 9. The number of phenolic OH excluding ortho intramolecular Hbond substituents is 1.